The molecule has 3 nitrogen and oxygen atoms in total. The second-order valence-electron chi connectivity index (χ2n) is 7.43. The molecule has 0 aliphatic carbocycles. The first-order valence-electron chi connectivity index (χ1n) is 7.69. The molecule has 1 aliphatic rings. The molecule has 0 aromatic carbocycles. The van der Waals surface area contributed by atoms with Gasteiger partial charge in [0.1, 0.15) is 5.01 Å². The largest absolute Gasteiger partial charge is 0.311 e. The van der Waals surface area contributed by atoms with E-state index in [0.29, 0.717) is 18.0 Å². The van der Waals surface area contributed by atoms with Crippen molar-refractivity contribution in [2.75, 3.05) is 13.1 Å². The van der Waals surface area contributed by atoms with Crippen LogP contribution in [0.3, 0.4) is 0 Å². The van der Waals surface area contributed by atoms with Crippen molar-refractivity contribution >= 4 is 11.3 Å². The maximum atomic E-state index is 4.85. The second kappa shape index (κ2) is 6.12. The molecule has 1 aliphatic heterocycles. The van der Waals surface area contributed by atoms with Crippen LogP contribution in [0.4, 0.5) is 0 Å². The lowest BCUT2D eigenvalue weighted by molar-refractivity contribution is 0.0954. The molecular formula is C16H29N3S. The van der Waals surface area contributed by atoms with Gasteiger partial charge in [-0.3, -0.25) is 4.90 Å². The van der Waals surface area contributed by atoms with Crippen molar-refractivity contribution in [3.63, 3.8) is 0 Å². The number of aromatic nitrogens is 1. The Balaban J connectivity index is 2.08. The summed E-state index contributed by atoms with van der Waals surface area (Å²) in [7, 11) is 0. The average Bonchev–Trinajstić information content (AvgIpc) is 2.76. The van der Waals surface area contributed by atoms with E-state index in [0.717, 1.165) is 19.6 Å². The van der Waals surface area contributed by atoms with E-state index in [1.165, 1.54) is 10.7 Å². The van der Waals surface area contributed by atoms with Gasteiger partial charge in [0.25, 0.3) is 0 Å². The Bertz CT molecular complexity index is 433. The zero-order valence-electron chi connectivity index (χ0n) is 13.7. The summed E-state index contributed by atoms with van der Waals surface area (Å²) in [6.45, 7) is 16.8. The molecule has 2 unspecified atom stereocenters. The normalized spacial score (nSPS) is 25.4. The minimum Gasteiger partial charge on any atom is -0.311 e. The topological polar surface area (TPSA) is 28.2 Å². The van der Waals surface area contributed by atoms with E-state index >= 15 is 0 Å². The van der Waals surface area contributed by atoms with Gasteiger partial charge in [0.05, 0.1) is 12.2 Å². The highest BCUT2D eigenvalue weighted by Gasteiger charge is 2.29. The molecule has 20 heavy (non-hydrogen) atoms. The molecule has 1 saturated heterocycles. The van der Waals surface area contributed by atoms with Crippen molar-refractivity contribution < 1.29 is 0 Å². The molecule has 1 N–H and O–H groups in total. The average molecular weight is 295 g/mol. The van der Waals surface area contributed by atoms with Gasteiger partial charge < -0.3 is 5.32 Å². The zero-order valence-corrected chi connectivity index (χ0v) is 14.5. The molecule has 2 heterocycles. The predicted molar refractivity (Wildman–Crippen MR) is 87.3 cm³/mol. The van der Waals surface area contributed by atoms with E-state index in [-0.39, 0.29) is 5.41 Å². The fraction of sp³-hybridized carbons (Fsp3) is 0.812. The fourth-order valence-corrected chi connectivity index (χ4v) is 3.79. The van der Waals surface area contributed by atoms with Crippen LogP contribution >= 0.6 is 11.3 Å². The molecule has 1 aromatic rings. The first-order chi connectivity index (χ1) is 9.27. The maximum Gasteiger partial charge on any atom is 0.107 e. The Hall–Kier alpha value is -0.450. The fourth-order valence-electron chi connectivity index (χ4n) is 2.74. The summed E-state index contributed by atoms with van der Waals surface area (Å²) >= 11 is 1.81. The van der Waals surface area contributed by atoms with Gasteiger partial charge in [-0.15, -0.1) is 11.3 Å². The molecule has 1 aromatic heterocycles. The number of piperazine rings is 1. The van der Waals surface area contributed by atoms with Gasteiger partial charge in [-0.2, -0.15) is 0 Å². The molecule has 0 radical (unpaired) electrons. The van der Waals surface area contributed by atoms with Crippen LogP contribution in [0.25, 0.3) is 0 Å². The summed E-state index contributed by atoms with van der Waals surface area (Å²) in [5, 5.41) is 7.09. The molecule has 0 bridgehead atoms. The molecule has 2 rings (SSSR count). The highest BCUT2D eigenvalue weighted by molar-refractivity contribution is 7.09. The van der Waals surface area contributed by atoms with E-state index in [4.69, 9.17) is 4.98 Å². The third-order valence-corrected chi connectivity index (χ3v) is 4.91. The summed E-state index contributed by atoms with van der Waals surface area (Å²) < 4.78 is 0. The van der Waals surface area contributed by atoms with Crippen molar-refractivity contribution in [3.8, 4) is 0 Å². The van der Waals surface area contributed by atoms with Crippen LogP contribution in [0.2, 0.25) is 0 Å². The van der Waals surface area contributed by atoms with Crippen LogP contribution in [0.5, 0.6) is 0 Å². The summed E-state index contributed by atoms with van der Waals surface area (Å²) in [5.74, 6) is 0.678. The van der Waals surface area contributed by atoms with Gasteiger partial charge in [-0.25, -0.2) is 4.98 Å². The lowest BCUT2D eigenvalue weighted by atomic mass is 9.93. The Morgan fingerprint density at radius 1 is 1.45 bits per heavy atom. The third-order valence-electron chi connectivity index (χ3n) is 4.08. The van der Waals surface area contributed by atoms with Gasteiger partial charge in [0, 0.05) is 36.0 Å². The number of hydrogen-bond acceptors (Lipinski definition) is 4. The Kier molecular flexibility index (Phi) is 4.88. The molecule has 1 fully saturated rings. The number of nitrogens with zero attached hydrogens (tertiary/aromatic N) is 2. The van der Waals surface area contributed by atoms with Gasteiger partial charge in [-0.1, -0.05) is 34.6 Å². The first-order valence-corrected chi connectivity index (χ1v) is 8.57. The zero-order chi connectivity index (χ0) is 14.9. The maximum absolute atomic E-state index is 4.85. The van der Waals surface area contributed by atoms with Crippen LogP contribution < -0.4 is 5.32 Å². The molecule has 2 atom stereocenters. The summed E-state index contributed by atoms with van der Waals surface area (Å²) in [6.07, 6.45) is 0. The molecule has 0 spiro atoms. The van der Waals surface area contributed by atoms with Crippen molar-refractivity contribution in [2.45, 2.75) is 65.6 Å². The van der Waals surface area contributed by atoms with Crippen LogP contribution in [-0.2, 0) is 12.0 Å². The molecule has 0 saturated carbocycles. The highest BCUT2D eigenvalue weighted by Crippen LogP contribution is 2.26. The van der Waals surface area contributed by atoms with Gasteiger partial charge in [0.2, 0.25) is 0 Å². The smallest absolute Gasteiger partial charge is 0.107 e. The van der Waals surface area contributed by atoms with Crippen molar-refractivity contribution in [1.29, 1.82) is 0 Å². The van der Waals surface area contributed by atoms with Gasteiger partial charge >= 0.3 is 0 Å². The quantitative estimate of drug-likeness (QED) is 0.928. The van der Waals surface area contributed by atoms with Crippen LogP contribution in [-0.4, -0.2) is 35.1 Å². The van der Waals surface area contributed by atoms with E-state index in [1.807, 2.05) is 11.3 Å². The minimum absolute atomic E-state index is 0.156. The van der Waals surface area contributed by atoms with Crippen LogP contribution in [0, 0.1) is 5.92 Å². The second-order valence-corrected chi connectivity index (χ2v) is 8.37. The Labute approximate surface area is 127 Å². The van der Waals surface area contributed by atoms with E-state index in [2.05, 4.69) is 57.1 Å². The van der Waals surface area contributed by atoms with Crippen LogP contribution in [0.1, 0.15) is 52.2 Å². The summed E-state index contributed by atoms with van der Waals surface area (Å²) in [4.78, 5) is 7.46. The standard InChI is InChI=1S/C16H29N3S/c1-11(2)13-7-17-12(3)8-19(13)9-15-18-14(10-20-15)16(4,5)6/h10-13,17H,7-9H2,1-6H3. The monoisotopic (exact) mass is 295 g/mol. The van der Waals surface area contributed by atoms with Gasteiger partial charge in [0.15, 0.2) is 0 Å². The lowest BCUT2D eigenvalue weighted by Crippen LogP contribution is -2.56. The molecule has 0 amide bonds. The van der Waals surface area contributed by atoms with Crippen LogP contribution in [0.15, 0.2) is 5.38 Å². The molecular weight excluding hydrogens is 266 g/mol. The van der Waals surface area contributed by atoms with E-state index < -0.39 is 0 Å². The Morgan fingerprint density at radius 2 is 2.15 bits per heavy atom. The van der Waals surface area contributed by atoms with Crippen molar-refractivity contribution in [3.05, 3.63) is 16.1 Å². The molecule has 4 heteroatoms. The van der Waals surface area contributed by atoms with Gasteiger partial charge in [-0.05, 0) is 12.8 Å². The SMILES string of the molecule is CC1CN(Cc2nc(C(C)(C)C)cs2)C(C(C)C)CN1. The highest BCUT2D eigenvalue weighted by atomic mass is 32.1. The first kappa shape index (κ1) is 15.9. The lowest BCUT2D eigenvalue weighted by Gasteiger charge is -2.41. The predicted octanol–water partition coefficient (Wildman–Crippen LogP) is 3.26. The number of nitrogens with one attached hydrogen (secondary N) is 1. The number of thiazole rings is 1. The van der Waals surface area contributed by atoms with Crippen molar-refractivity contribution in [2.24, 2.45) is 5.92 Å². The molecule has 114 valence electrons. The van der Waals surface area contributed by atoms with Crippen molar-refractivity contribution in [1.82, 2.24) is 15.2 Å². The minimum atomic E-state index is 0.156. The summed E-state index contributed by atoms with van der Waals surface area (Å²) in [6, 6.07) is 1.19. The number of rotatable bonds is 3. The number of hydrogen-bond donors (Lipinski definition) is 1. The van der Waals surface area contributed by atoms with E-state index in [1.54, 1.807) is 0 Å². The third kappa shape index (κ3) is 3.80. The summed E-state index contributed by atoms with van der Waals surface area (Å²) in [5.41, 5.74) is 1.38. The van der Waals surface area contributed by atoms with E-state index in [9.17, 15) is 0 Å². The Morgan fingerprint density at radius 3 is 2.70 bits per heavy atom.